The van der Waals surface area contributed by atoms with Crippen molar-refractivity contribution in [2.45, 2.75) is 31.5 Å². The molecule has 3 heterocycles. The number of aryl methyl sites for hydroxylation is 2. The van der Waals surface area contributed by atoms with Crippen molar-refractivity contribution in [3.05, 3.63) is 71.4 Å². The number of fused-ring (bicyclic) bond motifs is 2. The summed E-state index contributed by atoms with van der Waals surface area (Å²) in [6.07, 6.45) is 0.489. The first-order chi connectivity index (χ1) is 15.3. The monoisotopic (exact) mass is 440 g/mol. The maximum Gasteiger partial charge on any atom is 0.433 e. The fourth-order valence-electron chi connectivity index (χ4n) is 4.18. The summed E-state index contributed by atoms with van der Waals surface area (Å²) in [6.45, 7) is 0. The molecule has 0 radical (unpaired) electrons. The van der Waals surface area contributed by atoms with Crippen LogP contribution in [0.2, 0.25) is 0 Å². The Kier molecular flexibility index (Phi) is 4.72. The lowest BCUT2D eigenvalue weighted by Gasteiger charge is -2.22. The smallest absolute Gasteiger partial charge is 0.344 e. The zero-order valence-electron chi connectivity index (χ0n) is 17.1. The van der Waals surface area contributed by atoms with E-state index in [-0.39, 0.29) is 17.6 Å². The SMILES string of the molecule is Cn1nc2ccccc2c1C(=O)NC1CCCc2nn(-c3ccnc(C(F)(F)F)c3)cc21. The van der Waals surface area contributed by atoms with Crippen molar-refractivity contribution < 1.29 is 18.0 Å². The number of amides is 1. The third kappa shape index (κ3) is 3.51. The molecule has 0 saturated carbocycles. The number of hydrogen-bond donors (Lipinski definition) is 1. The van der Waals surface area contributed by atoms with E-state index in [0.717, 1.165) is 40.8 Å². The van der Waals surface area contributed by atoms with Crippen molar-refractivity contribution in [3.63, 3.8) is 0 Å². The van der Waals surface area contributed by atoms with Crippen LogP contribution >= 0.6 is 0 Å². The topological polar surface area (TPSA) is 77.6 Å². The molecule has 1 amide bonds. The number of hydrogen-bond acceptors (Lipinski definition) is 4. The molecule has 0 aliphatic heterocycles. The standard InChI is InChI=1S/C22H19F3N6O/c1-30-20(14-5-2-3-6-17(14)28-30)21(32)27-16-7-4-8-18-15(16)12-31(29-18)13-9-10-26-19(11-13)22(23,24)25/h2-3,5-6,9-12,16H,4,7-8H2,1H3,(H,27,32). The number of rotatable bonds is 3. The van der Waals surface area contributed by atoms with Crippen LogP contribution in [0.3, 0.4) is 0 Å². The first-order valence-electron chi connectivity index (χ1n) is 10.2. The van der Waals surface area contributed by atoms with Gasteiger partial charge in [0.15, 0.2) is 0 Å². The molecular formula is C22H19F3N6O. The molecule has 4 aromatic rings. The molecule has 1 aromatic carbocycles. The van der Waals surface area contributed by atoms with Gasteiger partial charge in [0.2, 0.25) is 0 Å². The number of aromatic nitrogens is 5. The average Bonchev–Trinajstić information content (AvgIpc) is 3.34. The molecule has 1 unspecified atom stereocenters. The summed E-state index contributed by atoms with van der Waals surface area (Å²) in [5, 5.41) is 12.7. The molecule has 10 heteroatoms. The molecule has 7 nitrogen and oxygen atoms in total. The zero-order chi connectivity index (χ0) is 22.5. The maximum absolute atomic E-state index is 13.1. The Labute approximate surface area is 180 Å². The van der Waals surface area contributed by atoms with E-state index in [0.29, 0.717) is 18.5 Å². The van der Waals surface area contributed by atoms with Gasteiger partial charge in [-0.2, -0.15) is 23.4 Å². The summed E-state index contributed by atoms with van der Waals surface area (Å²) in [5.41, 5.74) is 2.06. The Morgan fingerprint density at radius 2 is 2.00 bits per heavy atom. The van der Waals surface area contributed by atoms with Crippen LogP contribution in [0.25, 0.3) is 16.6 Å². The number of halogens is 3. The van der Waals surface area contributed by atoms with Gasteiger partial charge in [0, 0.05) is 30.4 Å². The number of carbonyl (C=O) groups excluding carboxylic acids is 1. The van der Waals surface area contributed by atoms with E-state index < -0.39 is 11.9 Å². The fourth-order valence-corrected chi connectivity index (χ4v) is 4.18. The Bertz CT molecular complexity index is 1320. The van der Waals surface area contributed by atoms with Crippen LogP contribution in [-0.4, -0.2) is 30.5 Å². The van der Waals surface area contributed by atoms with Gasteiger partial charge in [-0.05, 0) is 37.5 Å². The van der Waals surface area contributed by atoms with E-state index in [4.69, 9.17) is 0 Å². The average molecular weight is 440 g/mol. The summed E-state index contributed by atoms with van der Waals surface area (Å²) in [7, 11) is 1.72. The number of pyridine rings is 1. The molecule has 0 saturated heterocycles. The second-order valence-corrected chi connectivity index (χ2v) is 7.78. The molecule has 0 bridgehead atoms. The lowest BCUT2D eigenvalue weighted by atomic mass is 9.93. The highest BCUT2D eigenvalue weighted by molar-refractivity contribution is 6.05. The first-order valence-corrected chi connectivity index (χ1v) is 10.2. The minimum Gasteiger partial charge on any atom is -0.344 e. The minimum atomic E-state index is -4.54. The Morgan fingerprint density at radius 1 is 1.19 bits per heavy atom. The lowest BCUT2D eigenvalue weighted by Crippen LogP contribution is -2.32. The van der Waals surface area contributed by atoms with Gasteiger partial charge in [-0.3, -0.25) is 14.5 Å². The van der Waals surface area contributed by atoms with Gasteiger partial charge in [-0.25, -0.2) is 4.68 Å². The van der Waals surface area contributed by atoms with Crippen LogP contribution in [0.5, 0.6) is 0 Å². The molecule has 1 N–H and O–H groups in total. The van der Waals surface area contributed by atoms with Crippen molar-refractivity contribution in [2.75, 3.05) is 0 Å². The van der Waals surface area contributed by atoms with E-state index in [1.54, 1.807) is 17.9 Å². The van der Waals surface area contributed by atoms with Crippen molar-refractivity contribution >= 4 is 16.8 Å². The summed E-state index contributed by atoms with van der Waals surface area (Å²) in [4.78, 5) is 16.5. The van der Waals surface area contributed by atoms with E-state index in [1.165, 1.54) is 10.7 Å². The minimum absolute atomic E-state index is 0.255. The fraction of sp³-hybridized carbons (Fsp3) is 0.273. The van der Waals surface area contributed by atoms with Crippen LogP contribution in [0.1, 0.15) is 46.3 Å². The van der Waals surface area contributed by atoms with E-state index in [2.05, 4.69) is 20.5 Å². The van der Waals surface area contributed by atoms with Crippen molar-refractivity contribution in [1.82, 2.24) is 29.9 Å². The quantitative estimate of drug-likeness (QED) is 0.523. The van der Waals surface area contributed by atoms with Gasteiger partial charge < -0.3 is 5.32 Å². The number of nitrogens with one attached hydrogen (secondary N) is 1. The third-order valence-electron chi connectivity index (χ3n) is 5.66. The largest absolute Gasteiger partial charge is 0.433 e. The lowest BCUT2D eigenvalue weighted by molar-refractivity contribution is -0.141. The molecule has 3 aromatic heterocycles. The highest BCUT2D eigenvalue weighted by Crippen LogP contribution is 2.32. The predicted molar refractivity (Wildman–Crippen MR) is 110 cm³/mol. The Morgan fingerprint density at radius 3 is 2.81 bits per heavy atom. The highest BCUT2D eigenvalue weighted by Gasteiger charge is 2.33. The summed E-state index contributed by atoms with van der Waals surface area (Å²) >= 11 is 0. The molecule has 1 atom stereocenters. The second-order valence-electron chi connectivity index (χ2n) is 7.78. The molecule has 1 aliphatic carbocycles. The summed E-state index contributed by atoms with van der Waals surface area (Å²) < 4.78 is 42.1. The predicted octanol–water partition coefficient (Wildman–Crippen LogP) is 3.98. The molecular weight excluding hydrogens is 421 g/mol. The van der Waals surface area contributed by atoms with Crippen molar-refractivity contribution in [2.24, 2.45) is 7.05 Å². The molecule has 0 spiro atoms. The van der Waals surface area contributed by atoms with Crippen LogP contribution in [0, 0.1) is 0 Å². The second kappa shape index (κ2) is 7.47. The van der Waals surface area contributed by atoms with Crippen LogP contribution in [0.4, 0.5) is 13.2 Å². The first kappa shape index (κ1) is 20.2. The summed E-state index contributed by atoms with van der Waals surface area (Å²) in [5.74, 6) is -0.255. The number of benzene rings is 1. The zero-order valence-corrected chi connectivity index (χ0v) is 17.1. The number of nitrogens with zero attached hydrogens (tertiary/aromatic N) is 5. The van der Waals surface area contributed by atoms with E-state index in [1.807, 2.05) is 24.3 Å². The third-order valence-corrected chi connectivity index (χ3v) is 5.66. The van der Waals surface area contributed by atoms with Gasteiger partial charge in [0.25, 0.3) is 5.91 Å². The maximum atomic E-state index is 13.1. The number of alkyl halides is 3. The molecule has 5 rings (SSSR count). The van der Waals surface area contributed by atoms with Gasteiger partial charge in [0.1, 0.15) is 11.4 Å². The highest BCUT2D eigenvalue weighted by atomic mass is 19.4. The van der Waals surface area contributed by atoms with Gasteiger partial charge in [0.05, 0.1) is 22.9 Å². The molecule has 32 heavy (non-hydrogen) atoms. The molecule has 1 aliphatic rings. The van der Waals surface area contributed by atoms with Gasteiger partial charge in [-0.1, -0.05) is 18.2 Å². The van der Waals surface area contributed by atoms with Crippen LogP contribution < -0.4 is 5.32 Å². The number of carbonyl (C=O) groups is 1. The van der Waals surface area contributed by atoms with Gasteiger partial charge in [-0.15, -0.1) is 0 Å². The Hall–Kier alpha value is -3.69. The van der Waals surface area contributed by atoms with Gasteiger partial charge >= 0.3 is 6.18 Å². The normalized spacial score (nSPS) is 16.2. The van der Waals surface area contributed by atoms with Crippen LogP contribution in [0.15, 0.2) is 48.8 Å². The van der Waals surface area contributed by atoms with Crippen LogP contribution in [-0.2, 0) is 19.6 Å². The van der Waals surface area contributed by atoms with E-state index in [9.17, 15) is 18.0 Å². The van der Waals surface area contributed by atoms with Crippen molar-refractivity contribution in [1.29, 1.82) is 0 Å². The van der Waals surface area contributed by atoms with Crippen molar-refractivity contribution in [3.8, 4) is 5.69 Å². The summed E-state index contributed by atoms with van der Waals surface area (Å²) in [6, 6.07) is 9.56. The molecule has 0 fully saturated rings. The molecule has 164 valence electrons. The van der Waals surface area contributed by atoms with E-state index >= 15 is 0 Å². The Balaban J connectivity index is 1.45.